The third kappa shape index (κ3) is 3.78. The molecule has 2 nitrogen and oxygen atoms in total. The van der Waals surface area contributed by atoms with Crippen LogP contribution in [0, 0.1) is 11.8 Å². The van der Waals surface area contributed by atoms with Crippen LogP contribution in [0.2, 0.25) is 0 Å². The molecule has 1 aromatic carbocycles. The summed E-state index contributed by atoms with van der Waals surface area (Å²) in [5.74, 6) is 6.98. The van der Waals surface area contributed by atoms with E-state index in [9.17, 15) is 0 Å². The topological polar surface area (TPSA) is 35.2 Å². The van der Waals surface area contributed by atoms with Gasteiger partial charge < -0.3 is 10.5 Å². The van der Waals surface area contributed by atoms with Crippen molar-refractivity contribution < 1.29 is 4.74 Å². The van der Waals surface area contributed by atoms with Crippen LogP contribution in [-0.4, -0.2) is 24.5 Å². The van der Waals surface area contributed by atoms with Gasteiger partial charge in [0.15, 0.2) is 0 Å². The Labute approximate surface area is 113 Å². The summed E-state index contributed by atoms with van der Waals surface area (Å²) >= 11 is 1.98. The van der Waals surface area contributed by atoms with Crippen LogP contribution in [0.15, 0.2) is 24.3 Å². The molecule has 1 heterocycles. The fourth-order valence-corrected chi connectivity index (χ4v) is 3.22. The van der Waals surface area contributed by atoms with Crippen LogP contribution in [0.4, 0.5) is 0 Å². The van der Waals surface area contributed by atoms with Crippen molar-refractivity contribution in [2.45, 2.75) is 30.5 Å². The molecule has 1 fully saturated rings. The highest BCUT2D eigenvalue weighted by molar-refractivity contribution is 7.99. The first-order valence-electron chi connectivity index (χ1n) is 6.30. The maximum Gasteiger partial charge on any atom is 0.0666 e. The number of ether oxygens (including phenoxy) is 1. The molecule has 2 N–H and O–H groups in total. The lowest BCUT2D eigenvalue weighted by molar-refractivity contribution is 0.127. The molecule has 2 unspecified atom stereocenters. The maximum atomic E-state index is 5.57. The van der Waals surface area contributed by atoms with Gasteiger partial charge in [0.05, 0.1) is 12.6 Å². The van der Waals surface area contributed by atoms with Crippen molar-refractivity contribution in [1.29, 1.82) is 0 Å². The standard InChI is InChI=1S/C15H19NOS/c1-12-15(7-9-17-12)18-11-14-5-2-4-13(10-14)6-3-8-16/h2,4-5,10,12,15H,7-9,11,16H2,1H3. The quantitative estimate of drug-likeness (QED) is 0.849. The summed E-state index contributed by atoms with van der Waals surface area (Å²) in [5.41, 5.74) is 7.75. The highest BCUT2D eigenvalue weighted by atomic mass is 32.2. The van der Waals surface area contributed by atoms with Gasteiger partial charge in [0.1, 0.15) is 0 Å². The van der Waals surface area contributed by atoms with E-state index in [2.05, 4.69) is 37.0 Å². The molecule has 0 radical (unpaired) electrons. The summed E-state index contributed by atoms with van der Waals surface area (Å²) in [4.78, 5) is 0. The Morgan fingerprint density at radius 1 is 1.50 bits per heavy atom. The normalized spacial score (nSPS) is 22.6. The van der Waals surface area contributed by atoms with E-state index in [4.69, 9.17) is 10.5 Å². The van der Waals surface area contributed by atoms with Gasteiger partial charge in [-0.25, -0.2) is 0 Å². The Hall–Kier alpha value is -0.950. The van der Waals surface area contributed by atoms with Crippen LogP contribution in [0.1, 0.15) is 24.5 Å². The van der Waals surface area contributed by atoms with E-state index >= 15 is 0 Å². The molecule has 1 aliphatic rings. The Bertz CT molecular complexity index is 449. The number of rotatable bonds is 3. The molecule has 0 aliphatic carbocycles. The van der Waals surface area contributed by atoms with E-state index in [0.717, 1.165) is 17.9 Å². The molecule has 0 aromatic heterocycles. The third-order valence-electron chi connectivity index (χ3n) is 3.03. The van der Waals surface area contributed by atoms with Gasteiger partial charge in [0, 0.05) is 23.2 Å². The first-order chi connectivity index (χ1) is 8.79. The summed E-state index contributed by atoms with van der Waals surface area (Å²) in [7, 11) is 0. The van der Waals surface area contributed by atoms with Crippen molar-refractivity contribution in [2.24, 2.45) is 5.73 Å². The van der Waals surface area contributed by atoms with Crippen molar-refractivity contribution in [1.82, 2.24) is 0 Å². The lowest BCUT2D eigenvalue weighted by Crippen LogP contribution is -2.13. The van der Waals surface area contributed by atoms with Gasteiger partial charge in [-0.1, -0.05) is 24.0 Å². The molecule has 96 valence electrons. The van der Waals surface area contributed by atoms with Gasteiger partial charge >= 0.3 is 0 Å². The lowest BCUT2D eigenvalue weighted by atomic mass is 10.1. The molecule has 2 atom stereocenters. The van der Waals surface area contributed by atoms with Gasteiger partial charge in [-0.3, -0.25) is 0 Å². The molecular weight excluding hydrogens is 242 g/mol. The lowest BCUT2D eigenvalue weighted by Gasteiger charge is -2.13. The molecule has 0 amide bonds. The average Bonchev–Trinajstić information content (AvgIpc) is 2.80. The second-order valence-electron chi connectivity index (χ2n) is 4.42. The monoisotopic (exact) mass is 261 g/mol. The summed E-state index contributed by atoms with van der Waals surface area (Å²) in [5, 5.41) is 0.629. The van der Waals surface area contributed by atoms with Gasteiger partial charge in [0.25, 0.3) is 0 Å². The second-order valence-corrected chi connectivity index (χ2v) is 5.65. The molecule has 0 bridgehead atoms. The molecule has 0 spiro atoms. The average molecular weight is 261 g/mol. The predicted octanol–water partition coefficient (Wildman–Crippen LogP) is 2.41. The minimum Gasteiger partial charge on any atom is -0.377 e. The highest BCUT2D eigenvalue weighted by Gasteiger charge is 2.24. The molecule has 1 aromatic rings. The van der Waals surface area contributed by atoms with Crippen LogP contribution in [0.25, 0.3) is 0 Å². The SMILES string of the molecule is CC1OCCC1SCc1cccc(C#CCN)c1. The molecule has 18 heavy (non-hydrogen) atoms. The summed E-state index contributed by atoms with van der Waals surface area (Å²) < 4.78 is 5.57. The number of hydrogen-bond acceptors (Lipinski definition) is 3. The first kappa shape index (κ1) is 13.5. The maximum absolute atomic E-state index is 5.57. The van der Waals surface area contributed by atoms with Gasteiger partial charge in [-0.15, -0.1) is 0 Å². The smallest absolute Gasteiger partial charge is 0.0666 e. The summed E-state index contributed by atoms with van der Waals surface area (Å²) in [6.45, 7) is 3.48. The molecule has 3 heteroatoms. The molecule has 0 saturated carbocycles. The zero-order chi connectivity index (χ0) is 12.8. The highest BCUT2D eigenvalue weighted by Crippen LogP contribution is 2.29. The first-order valence-corrected chi connectivity index (χ1v) is 7.35. The summed E-state index contributed by atoms with van der Waals surface area (Å²) in [6, 6.07) is 8.39. The van der Waals surface area contributed by atoms with E-state index < -0.39 is 0 Å². The largest absolute Gasteiger partial charge is 0.377 e. The fourth-order valence-electron chi connectivity index (χ4n) is 2.03. The third-order valence-corrected chi connectivity index (χ3v) is 4.58. The van der Waals surface area contributed by atoms with Crippen LogP contribution in [0.5, 0.6) is 0 Å². The Kier molecular flexibility index (Phi) is 5.12. The van der Waals surface area contributed by atoms with Crippen LogP contribution in [0.3, 0.4) is 0 Å². The number of benzene rings is 1. The number of hydrogen-bond donors (Lipinski definition) is 1. The Balaban J connectivity index is 1.92. The molecule has 1 saturated heterocycles. The van der Waals surface area contributed by atoms with Gasteiger partial charge in [0.2, 0.25) is 0 Å². The van der Waals surface area contributed by atoms with Crippen molar-refractivity contribution in [3.63, 3.8) is 0 Å². The minimum absolute atomic E-state index is 0.384. The Morgan fingerprint density at radius 2 is 2.39 bits per heavy atom. The van der Waals surface area contributed by atoms with Gasteiger partial charge in [-0.2, -0.15) is 11.8 Å². The zero-order valence-electron chi connectivity index (χ0n) is 10.7. The van der Waals surface area contributed by atoms with Crippen molar-refractivity contribution in [3.05, 3.63) is 35.4 Å². The zero-order valence-corrected chi connectivity index (χ0v) is 11.5. The van der Waals surface area contributed by atoms with E-state index in [1.165, 1.54) is 12.0 Å². The molecule has 1 aliphatic heterocycles. The minimum atomic E-state index is 0.384. The number of thioether (sulfide) groups is 1. The van der Waals surface area contributed by atoms with E-state index in [1.807, 2.05) is 17.8 Å². The van der Waals surface area contributed by atoms with Crippen molar-refractivity contribution in [2.75, 3.05) is 13.2 Å². The van der Waals surface area contributed by atoms with Crippen LogP contribution < -0.4 is 5.73 Å². The fraction of sp³-hybridized carbons (Fsp3) is 0.467. The predicted molar refractivity (Wildman–Crippen MR) is 77.5 cm³/mol. The second kappa shape index (κ2) is 6.84. The Morgan fingerprint density at radius 3 is 3.11 bits per heavy atom. The summed E-state index contributed by atoms with van der Waals surface area (Å²) in [6.07, 6.45) is 1.55. The van der Waals surface area contributed by atoms with E-state index in [0.29, 0.717) is 17.9 Å². The van der Waals surface area contributed by atoms with Crippen molar-refractivity contribution >= 4 is 11.8 Å². The molecular formula is C15H19NOS. The van der Waals surface area contributed by atoms with Crippen LogP contribution in [-0.2, 0) is 10.5 Å². The van der Waals surface area contributed by atoms with E-state index in [1.54, 1.807) is 0 Å². The van der Waals surface area contributed by atoms with Crippen molar-refractivity contribution in [3.8, 4) is 11.8 Å². The van der Waals surface area contributed by atoms with Gasteiger partial charge in [-0.05, 0) is 31.0 Å². The van der Waals surface area contributed by atoms with Crippen LogP contribution >= 0.6 is 11.8 Å². The molecule has 2 rings (SSSR count). The number of nitrogens with two attached hydrogens (primary N) is 1. The van der Waals surface area contributed by atoms with E-state index in [-0.39, 0.29) is 0 Å².